The summed E-state index contributed by atoms with van der Waals surface area (Å²) in [6.45, 7) is 2.41. The third-order valence-corrected chi connectivity index (χ3v) is 5.20. The number of carbonyl (C=O) groups excluding carboxylic acids is 2. The maximum atomic E-state index is 12.9. The first-order valence-electron chi connectivity index (χ1n) is 10.0. The second-order valence-electron chi connectivity index (χ2n) is 7.21. The van der Waals surface area contributed by atoms with Gasteiger partial charge in [0.05, 0.1) is 6.61 Å². The van der Waals surface area contributed by atoms with Crippen LogP contribution >= 0.6 is 0 Å². The van der Waals surface area contributed by atoms with Gasteiger partial charge in [0.2, 0.25) is 5.91 Å². The first-order chi connectivity index (χ1) is 14.7. The summed E-state index contributed by atoms with van der Waals surface area (Å²) in [5, 5.41) is 9.36. The zero-order chi connectivity index (χ0) is 20.9. The van der Waals surface area contributed by atoms with Gasteiger partial charge in [0, 0.05) is 37.9 Å². The van der Waals surface area contributed by atoms with Gasteiger partial charge in [-0.1, -0.05) is 30.3 Å². The van der Waals surface area contributed by atoms with Crippen molar-refractivity contribution in [3.8, 4) is 11.5 Å². The summed E-state index contributed by atoms with van der Waals surface area (Å²) < 4.78 is 11.1. The number of aliphatic hydroxyl groups excluding tert-OH is 1. The number of fused-ring (bicyclic) bond motifs is 1. The van der Waals surface area contributed by atoms with Crippen molar-refractivity contribution in [1.29, 1.82) is 0 Å². The predicted molar refractivity (Wildman–Crippen MR) is 111 cm³/mol. The van der Waals surface area contributed by atoms with Gasteiger partial charge in [0.1, 0.15) is 19.8 Å². The number of aliphatic hydroxyl groups is 1. The van der Waals surface area contributed by atoms with Gasteiger partial charge < -0.3 is 24.4 Å². The van der Waals surface area contributed by atoms with Crippen LogP contribution in [0.5, 0.6) is 11.5 Å². The van der Waals surface area contributed by atoms with E-state index in [1.165, 1.54) is 4.90 Å². The van der Waals surface area contributed by atoms with Gasteiger partial charge in [-0.25, -0.2) is 4.79 Å². The van der Waals surface area contributed by atoms with E-state index in [4.69, 9.17) is 9.47 Å². The van der Waals surface area contributed by atoms with Crippen molar-refractivity contribution in [1.82, 2.24) is 9.80 Å². The molecule has 1 N–H and O–H groups in total. The average Bonchev–Trinajstić information content (AvgIpc) is 3.14. The number of carbonyl (C=O) groups is 2. The van der Waals surface area contributed by atoms with E-state index in [9.17, 15) is 14.7 Å². The molecule has 8 heteroatoms. The molecule has 1 saturated heterocycles. The van der Waals surface area contributed by atoms with E-state index in [0.717, 1.165) is 11.3 Å². The van der Waals surface area contributed by atoms with Crippen LogP contribution in [0.15, 0.2) is 48.5 Å². The van der Waals surface area contributed by atoms with Crippen LogP contribution in [0, 0.1) is 0 Å². The van der Waals surface area contributed by atoms with E-state index in [1.807, 2.05) is 36.4 Å². The molecule has 30 heavy (non-hydrogen) atoms. The first-order valence-corrected chi connectivity index (χ1v) is 10.0. The fourth-order valence-corrected chi connectivity index (χ4v) is 3.65. The summed E-state index contributed by atoms with van der Waals surface area (Å²) in [5.74, 6) is 1.10. The molecule has 0 aliphatic carbocycles. The molecule has 8 nitrogen and oxygen atoms in total. The van der Waals surface area contributed by atoms with Crippen molar-refractivity contribution in [2.24, 2.45) is 0 Å². The molecule has 3 amide bonds. The Bertz CT molecular complexity index is 905. The molecule has 0 aromatic heterocycles. The largest absolute Gasteiger partial charge is 0.486 e. The van der Waals surface area contributed by atoms with Crippen LogP contribution in [0.4, 0.5) is 10.5 Å². The smallest absolute Gasteiger partial charge is 0.325 e. The lowest BCUT2D eigenvalue weighted by Crippen LogP contribution is -2.43. The minimum atomic E-state index is -0.219. The Balaban J connectivity index is 1.41. The SMILES string of the molecule is O=C(CN1CCN(c2ccc3c(c2)OCCO3)C1=O)N(CCO)Cc1ccccc1. The van der Waals surface area contributed by atoms with Crippen molar-refractivity contribution < 1.29 is 24.2 Å². The van der Waals surface area contributed by atoms with Crippen molar-refractivity contribution in [3.05, 3.63) is 54.1 Å². The van der Waals surface area contributed by atoms with Crippen LogP contribution in [0.3, 0.4) is 0 Å². The third kappa shape index (κ3) is 4.33. The molecular weight excluding hydrogens is 386 g/mol. The van der Waals surface area contributed by atoms with Gasteiger partial charge >= 0.3 is 6.03 Å². The average molecular weight is 411 g/mol. The molecule has 0 atom stereocenters. The van der Waals surface area contributed by atoms with Gasteiger partial charge in [0.15, 0.2) is 11.5 Å². The lowest BCUT2D eigenvalue weighted by atomic mass is 10.2. The molecular formula is C22H25N3O5. The van der Waals surface area contributed by atoms with Gasteiger partial charge in [-0.3, -0.25) is 9.69 Å². The molecule has 2 aromatic rings. The Morgan fingerprint density at radius 2 is 1.80 bits per heavy atom. The Morgan fingerprint density at radius 1 is 1.03 bits per heavy atom. The lowest BCUT2D eigenvalue weighted by Gasteiger charge is -2.25. The second-order valence-corrected chi connectivity index (χ2v) is 7.21. The molecule has 0 spiro atoms. The maximum absolute atomic E-state index is 12.9. The molecule has 4 rings (SSSR count). The van der Waals surface area contributed by atoms with E-state index in [0.29, 0.717) is 44.3 Å². The normalized spacial score (nSPS) is 15.4. The molecule has 1 fully saturated rings. The summed E-state index contributed by atoms with van der Waals surface area (Å²) in [7, 11) is 0. The van der Waals surface area contributed by atoms with Gasteiger partial charge in [-0.2, -0.15) is 0 Å². The fraction of sp³-hybridized carbons (Fsp3) is 0.364. The Kier molecular flexibility index (Phi) is 6.04. The zero-order valence-corrected chi connectivity index (χ0v) is 16.7. The van der Waals surface area contributed by atoms with E-state index in [-0.39, 0.29) is 31.6 Å². The van der Waals surface area contributed by atoms with E-state index in [1.54, 1.807) is 21.9 Å². The highest BCUT2D eigenvalue weighted by molar-refractivity contribution is 5.96. The molecule has 0 unspecified atom stereocenters. The van der Waals surface area contributed by atoms with E-state index < -0.39 is 0 Å². The molecule has 158 valence electrons. The Labute approximate surface area is 175 Å². The minimum Gasteiger partial charge on any atom is -0.486 e. The molecule has 0 radical (unpaired) electrons. The highest BCUT2D eigenvalue weighted by atomic mass is 16.6. The van der Waals surface area contributed by atoms with Gasteiger partial charge in [-0.15, -0.1) is 0 Å². The predicted octanol–water partition coefficient (Wildman–Crippen LogP) is 1.72. The van der Waals surface area contributed by atoms with Crippen LogP contribution in [-0.4, -0.2) is 72.8 Å². The number of hydrogen-bond donors (Lipinski definition) is 1. The van der Waals surface area contributed by atoms with Crippen molar-refractivity contribution in [3.63, 3.8) is 0 Å². The van der Waals surface area contributed by atoms with Gasteiger partial charge in [-0.05, 0) is 17.7 Å². The Hall–Kier alpha value is -3.26. The number of nitrogens with zero attached hydrogens (tertiary/aromatic N) is 3. The maximum Gasteiger partial charge on any atom is 0.325 e. The summed E-state index contributed by atoms with van der Waals surface area (Å²) >= 11 is 0. The molecule has 0 bridgehead atoms. The number of rotatable bonds is 7. The second kappa shape index (κ2) is 9.04. The fourth-order valence-electron chi connectivity index (χ4n) is 3.65. The topological polar surface area (TPSA) is 82.6 Å². The quantitative estimate of drug-likeness (QED) is 0.750. The molecule has 2 aliphatic heterocycles. The number of amides is 3. The molecule has 2 heterocycles. The molecule has 2 aliphatic rings. The van der Waals surface area contributed by atoms with E-state index in [2.05, 4.69) is 0 Å². The summed E-state index contributed by atoms with van der Waals surface area (Å²) in [4.78, 5) is 30.5. The van der Waals surface area contributed by atoms with Crippen LogP contribution in [0.25, 0.3) is 0 Å². The number of ether oxygens (including phenoxy) is 2. The number of anilines is 1. The first kappa shape index (κ1) is 20.0. The van der Waals surface area contributed by atoms with E-state index >= 15 is 0 Å². The zero-order valence-electron chi connectivity index (χ0n) is 16.7. The monoisotopic (exact) mass is 411 g/mol. The highest BCUT2D eigenvalue weighted by Crippen LogP contribution is 2.35. The molecule has 0 saturated carbocycles. The number of hydrogen-bond acceptors (Lipinski definition) is 5. The van der Waals surface area contributed by atoms with Crippen LogP contribution < -0.4 is 14.4 Å². The summed E-state index contributed by atoms with van der Waals surface area (Å²) in [6, 6.07) is 14.8. The number of urea groups is 1. The molecule has 2 aromatic carbocycles. The third-order valence-electron chi connectivity index (χ3n) is 5.20. The van der Waals surface area contributed by atoms with Crippen molar-refractivity contribution in [2.45, 2.75) is 6.54 Å². The van der Waals surface area contributed by atoms with Crippen LogP contribution in [0.1, 0.15) is 5.56 Å². The standard InChI is InChI=1S/C22H25N3O5/c26-11-10-23(15-17-4-2-1-3-5-17)21(27)16-24-8-9-25(22(24)28)18-6-7-19-20(14-18)30-13-12-29-19/h1-7,14,26H,8-13,15-16H2. The Morgan fingerprint density at radius 3 is 2.57 bits per heavy atom. The van der Waals surface area contributed by atoms with Crippen molar-refractivity contribution >= 4 is 17.6 Å². The van der Waals surface area contributed by atoms with Gasteiger partial charge in [0.25, 0.3) is 0 Å². The highest BCUT2D eigenvalue weighted by Gasteiger charge is 2.32. The van der Waals surface area contributed by atoms with Crippen molar-refractivity contribution in [2.75, 3.05) is 50.9 Å². The van der Waals surface area contributed by atoms with Crippen LogP contribution in [-0.2, 0) is 11.3 Å². The summed E-state index contributed by atoms with van der Waals surface area (Å²) in [6.07, 6.45) is 0. The minimum absolute atomic E-state index is 0.0211. The van der Waals surface area contributed by atoms with Crippen LogP contribution in [0.2, 0.25) is 0 Å². The summed E-state index contributed by atoms with van der Waals surface area (Å²) in [5.41, 5.74) is 1.70. The lowest BCUT2D eigenvalue weighted by molar-refractivity contribution is -0.132. The number of benzene rings is 2.